The van der Waals surface area contributed by atoms with Crippen LogP contribution in [0.3, 0.4) is 0 Å². The molecule has 3 saturated heterocycles. The first-order valence-electron chi connectivity index (χ1n) is 9.64. The van der Waals surface area contributed by atoms with Crippen molar-refractivity contribution >= 4 is 16.6 Å². The summed E-state index contributed by atoms with van der Waals surface area (Å²) < 4.78 is 5.36. The van der Waals surface area contributed by atoms with Gasteiger partial charge in [0.15, 0.2) is 0 Å². The number of aromatic nitrogens is 1. The smallest absolute Gasteiger partial charge is 0.122 e. The fourth-order valence-electron chi connectivity index (χ4n) is 4.23. The van der Waals surface area contributed by atoms with Crippen molar-refractivity contribution in [1.29, 1.82) is 0 Å². The molecule has 3 aliphatic rings. The van der Waals surface area contributed by atoms with Gasteiger partial charge in [-0.15, -0.1) is 0 Å². The van der Waals surface area contributed by atoms with E-state index in [1.54, 1.807) is 13.3 Å². The van der Waals surface area contributed by atoms with E-state index in [1.165, 1.54) is 0 Å². The molecule has 3 fully saturated rings. The Bertz CT molecular complexity index is 852. The number of oxime groups is 1. The molecular weight excluding hydrogens is 342 g/mol. The van der Waals surface area contributed by atoms with Gasteiger partial charge < -0.3 is 14.7 Å². The second-order valence-electron chi connectivity index (χ2n) is 7.72. The number of fused-ring (bicyclic) bond motifs is 4. The van der Waals surface area contributed by atoms with Gasteiger partial charge in [-0.05, 0) is 63.1 Å². The lowest BCUT2D eigenvalue weighted by atomic mass is 9.78. The van der Waals surface area contributed by atoms with E-state index in [2.05, 4.69) is 15.0 Å². The fraction of sp³-hybridized carbons (Fsp3) is 0.524. The number of pyridine rings is 1. The van der Waals surface area contributed by atoms with Gasteiger partial charge in [-0.25, -0.2) is 0 Å². The first-order chi connectivity index (χ1) is 13.1. The highest BCUT2D eigenvalue weighted by Crippen LogP contribution is 2.38. The van der Waals surface area contributed by atoms with Gasteiger partial charge in [0.2, 0.25) is 0 Å². The Hall–Kier alpha value is -2.18. The van der Waals surface area contributed by atoms with Crippen LogP contribution < -0.4 is 4.74 Å². The molecule has 27 heavy (non-hydrogen) atoms. The summed E-state index contributed by atoms with van der Waals surface area (Å²) in [6.07, 6.45) is 3.27. The number of ether oxygens (including phenoxy) is 1. The third-order valence-electron chi connectivity index (χ3n) is 5.64. The molecule has 4 atom stereocenters. The Labute approximate surface area is 159 Å². The van der Waals surface area contributed by atoms with Crippen LogP contribution in [0.4, 0.5) is 0 Å². The quantitative estimate of drug-likeness (QED) is 0.820. The van der Waals surface area contributed by atoms with Crippen LogP contribution in [0.5, 0.6) is 5.75 Å². The summed E-state index contributed by atoms with van der Waals surface area (Å²) in [7, 11) is 1.65. The lowest BCUT2D eigenvalue weighted by molar-refractivity contribution is 0.00797. The number of methoxy groups -OCH3 is 1. The summed E-state index contributed by atoms with van der Waals surface area (Å²) in [5.74, 6) is 1.16. The number of aliphatic hydroxyl groups is 1. The van der Waals surface area contributed by atoms with Gasteiger partial charge in [-0.2, -0.15) is 0 Å². The molecule has 4 heterocycles. The average Bonchev–Trinajstić information content (AvgIpc) is 2.71. The van der Waals surface area contributed by atoms with E-state index in [0.717, 1.165) is 53.9 Å². The Kier molecular flexibility index (Phi) is 5.02. The number of aliphatic hydroxyl groups excluding tert-OH is 1. The standard InChI is InChI=1S/C21H27N3O3/c1-13(2)27-23-19-12-24-9-7-14(19)10-20(24)21(25)16-6-8-22-18-5-4-15(26-3)11-17(16)18/h4-6,8,11,13-14,20-21,25H,7,9-10,12H2,1-3H3/b23-19-/t14-,20-,21+/m0/s1. The molecule has 3 aliphatic heterocycles. The second kappa shape index (κ2) is 7.44. The zero-order valence-electron chi connectivity index (χ0n) is 16.1. The predicted molar refractivity (Wildman–Crippen MR) is 105 cm³/mol. The maximum absolute atomic E-state index is 11.3. The topological polar surface area (TPSA) is 67.2 Å². The van der Waals surface area contributed by atoms with E-state index >= 15 is 0 Å². The summed E-state index contributed by atoms with van der Waals surface area (Å²) >= 11 is 0. The number of benzene rings is 1. The molecule has 1 N–H and O–H groups in total. The molecule has 1 aromatic heterocycles. The SMILES string of the molecule is COc1ccc2nccc([C@@H](O)[C@@H]3C[C@@H]4CCN3C/C4=N/OC(C)C)c2c1. The van der Waals surface area contributed by atoms with E-state index in [0.29, 0.717) is 5.92 Å². The normalized spacial score (nSPS) is 27.3. The number of nitrogens with zero attached hydrogens (tertiary/aromatic N) is 3. The second-order valence-corrected chi connectivity index (χ2v) is 7.72. The van der Waals surface area contributed by atoms with Crippen molar-refractivity contribution in [2.75, 3.05) is 20.2 Å². The molecule has 0 aliphatic carbocycles. The minimum absolute atomic E-state index is 0.0820. The van der Waals surface area contributed by atoms with Gasteiger partial charge in [-0.1, -0.05) is 5.16 Å². The van der Waals surface area contributed by atoms with Crippen molar-refractivity contribution < 1.29 is 14.7 Å². The molecule has 6 nitrogen and oxygen atoms in total. The zero-order valence-corrected chi connectivity index (χ0v) is 16.1. The maximum atomic E-state index is 11.3. The van der Waals surface area contributed by atoms with Crippen LogP contribution in [0, 0.1) is 5.92 Å². The third kappa shape index (κ3) is 3.51. The maximum Gasteiger partial charge on any atom is 0.122 e. The number of piperidine rings is 3. The summed E-state index contributed by atoms with van der Waals surface area (Å²) in [6.45, 7) is 5.73. The van der Waals surface area contributed by atoms with Crippen molar-refractivity contribution in [3.05, 3.63) is 36.0 Å². The van der Waals surface area contributed by atoms with Crippen molar-refractivity contribution in [3.8, 4) is 5.75 Å². The van der Waals surface area contributed by atoms with E-state index in [-0.39, 0.29) is 12.1 Å². The van der Waals surface area contributed by atoms with Gasteiger partial charge in [0.1, 0.15) is 11.9 Å². The lowest BCUT2D eigenvalue weighted by Gasteiger charge is -2.47. The molecule has 6 heteroatoms. The van der Waals surface area contributed by atoms with Crippen LogP contribution in [0.1, 0.15) is 38.4 Å². The molecule has 144 valence electrons. The first-order valence-corrected chi connectivity index (χ1v) is 9.64. The zero-order chi connectivity index (χ0) is 19.0. The molecule has 0 amide bonds. The predicted octanol–water partition coefficient (Wildman–Crippen LogP) is 3.15. The van der Waals surface area contributed by atoms with Crippen molar-refractivity contribution in [2.45, 2.75) is 44.9 Å². The molecule has 1 aromatic carbocycles. The van der Waals surface area contributed by atoms with E-state index in [9.17, 15) is 5.11 Å². The highest BCUT2D eigenvalue weighted by molar-refractivity contribution is 5.90. The summed E-state index contributed by atoms with van der Waals surface area (Å²) in [4.78, 5) is 12.2. The Morgan fingerprint density at radius 1 is 1.30 bits per heavy atom. The fourth-order valence-corrected chi connectivity index (χ4v) is 4.23. The van der Waals surface area contributed by atoms with Crippen LogP contribution in [0.15, 0.2) is 35.6 Å². The molecule has 1 unspecified atom stereocenters. The molecule has 0 saturated carbocycles. The monoisotopic (exact) mass is 369 g/mol. The van der Waals surface area contributed by atoms with Gasteiger partial charge in [0.05, 0.1) is 24.4 Å². The highest BCUT2D eigenvalue weighted by atomic mass is 16.6. The largest absolute Gasteiger partial charge is 0.497 e. The van der Waals surface area contributed by atoms with Crippen LogP contribution >= 0.6 is 0 Å². The van der Waals surface area contributed by atoms with Crippen molar-refractivity contribution in [2.24, 2.45) is 11.1 Å². The lowest BCUT2D eigenvalue weighted by Crippen LogP contribution is -2.55. The van der Waals surface area contributed by atoms with Gasteiger partial charge in [-0.3, -0.25) is 9.88 Å². The Morgan fingerprint density at radius 3 is 2.85 bits per heavy atom. The van der Waals surface area contributed by atoms with Gasteiger partial charge in [0, 0.05) is 30.1 Å². The van der Waals surface area contributed by atoms with Gasteiger partial charge >= 0.3 is 0 Å². The van der Waals surface area contributed by atoms with Crippen LogP contribution in [0.25, 0.3) is 10.9 Å². The Morgan fingerprint density at radius 2 is 2.15 bits per heavy atom. The first kappa shape index (κ1) is 18.2. The average molecular weight is 369 g/mol. The molecular formula is C21H27N3O3. The highest BCUT2D eigenvalue weighted by Gasteiger charge is 2.42. The summed E-state index contributed by atoms with van der Waals surface area (Å²) in [5, 5.41) is 16.6. The minimum Gasteiger partial charge on any atom is -0.497 e. The Balaban J connectivity index is 1.60. The van der Waals surface area contributed by atoms with E-state index in [1.807, 2.05) is 38.1 Å². The molecule has 5 rings (SSSR count). The van der Waals surface area contributed by atoms with Crippen LogP contribution in [0.2, 0.25) is 0 Å². The number of hydrogen-bond acceptors (Lipinski definition) is 6. The van der Waals surface area contributed by atoms with E-state index < -0.39 is 6.10 Å². The molecule has 0 radical (unpaired) electrons. The number of hydrogen-bond donors (Lipinski definition) is 1. The summed E-state index contributed by atoms with van der Waals surface area (Å²) in [6, 6.07) is 7.80. The third-order valence-corrected chi connectivity index (χ3v) is 5.64. The van der Waals surface area contributed by atoms with E-state index in [4.69, 9.17) is 9.57 Å². The molecule has 0 spiro atoms. The van der Waals surface area contributed by atoms with Crippen molar-refractivity contribution in [3.63, 3.8) is 0 Å². The molecule has 2 bridgehead atoms. The molecule has 2 aromatic rings. The number of rotatable bonds is 5. The van der Waals surface area contributed by atoms with Crippen LogP contribution in [-0.2, 0) is 4.84 Å². The minimum atomic E-state index is -0.571. The van der Waals surface area contributed by atoms with Crippen LogP contribution in [-0.4, -0.2) is 53.0 Å². The van der Waals surface area contributed by atoms with Gasteiger partial charge in [0.25, 0.3) is 0 Å². The summed E-state index contributed by atoms with van der Waals surface area (Å²) in [5.41, 5.74) is 2.89. The van der Waals surface area contributed by atoms with Crippen molar-refractivity contribution in [1.82, 2.24) is 9.88 Å².